The molecule has 1 amide bonds. The molecule has 0 heterocycles. The summed E-state index contributed by atoms with van der Waals surface area (Å²) >= 11 is 0. The van der Waals surface area contributed by atoms with Crippen LogP contribution < -0.4 is 10.6 Å². The highest BCUT2D eigenvalue weighted by Gasteiger charge is 2.21. The molecule has 92 valence electrons. The number of benzene rings is 1. The molecule has 0 atom stereocenters. The second kappa shape index (κ2) is 5.32. The summed E-state index contributed by atoms with van der Waals surface area (Å²) in [6.07, 6.45) is 2.41. The fourth-order valence-electron chi connectivity index (χ4n) is 1.83. The summed E-state index contributed by atoms with van der Waals surface area (Å²) in [6.45, 7) is 4.68. The van der Waals surface area contributed by atoms with Crippen LogP contribution in [0, 0.1) is 0 Å². The van der Waals surface area contributed by atoms with Gasteiger partial charge in [0.15, 0.2) is 0 Å². The van der Waals surface area contributed by atoms with Crippen molar-refractivity contribution in [3.63, 3.8) is 0 Å². The quantitative estimate of drug-likeness (QED) is 0.819. The molecule has 0 saturated heterocycles. The van der Waals surface area contributed by atoms with Crippen molar-refractivity contribution in [2.45, 2.75) is 38.6 Å². The molecule has 1 saturated carbocycles. The first-order valence-corrected chi connectivity index (χ1v) is 6.29. The molecule has 0 aliphatic heterocycles. The van der Waals surface area contributed by atoms with Crippen molar-refractivity contribution in [3.8, 4) is 0 Å². The largest absolute Gasteiger partial charge is 0.325 e. The second-order valence-corrected chi connectivity index (χ2v) is 4.95. The number of nitrogens with one attached hydrogen (secondary N) is 2. The predicted molar refractivity (Wildman–Crippen MR) is 70.2 cm³/mol. The SMILES string of the molecule is CC(C)c1ccccc1NC(=O)CNC1CC1. The lowest BCUT2D eigenvalue weighted by Gasteiger charge is -2.13. The van der Waals surface area contributed by atoms with Gasteiger partial charge >= 0.3 is 0 Å². The lowest BCUT2D eigenvalue weighted by atomic mass is 10.0. The molecular formula is C14H20N2O. The number of carbonyl (C=O) groups is 1. The third kappa shape index (κ3) is 3.56. The van der Waals surface area contributed by atoms with Gasteiger partial charge in [-0.25, -0.2) is 0 Å². The van der Waals surface area contributed by atoms with Crippen LogP contribution in [0.15, 0.2) is 24.3 Å². The highest BCUT2D eigenvalue weighted by atomic mass is 16.1. The van der Waals surface area contributed by atoms with Gasteiger partial charge in [0.05, 0.1) is 6.54 Å². The van der Waals surface area contributed by atoms with E-state index in [0.717, 1.165) is 5.69 Å². The van der Waals surface area contributed by atoms with Crippen LogP contribution in [0.1, 0.15) is 38.2 Å². The Balaban J connectivity index is 1.94. The van der Waals surface area contributed by atoms with Gasteiger partial charge in [-0.15, -0.1) is 0 Å². The fourth-order valence-corrected chi connectivity index (χ4v) is 1.83. The van der Waals surface area contributed by atoms with Crippen molar-refractivity contribution in [3.05, 3.63) is 29.8 Å². The van der Waals surface area contributed by atoms with Crippen molar-refractivity contribution in [2.75, 3.05) is 11.9 Å². The molecule has 1 fully saturated rings. The third-order valence-corrected chi connectivity index (χ3v) is 2.99. The van der Waals surface area contributed by atoms with E-state index in [0.29, 0.717) is 18.5 Å². The van der Waals surface area contributed by atoms with Crippen LogP contribution in [0.4, 0.5) is 5.69 Å². The van der Waals surface area contributed by atoms with Crippen LogP contribution >= 0.6 is 0 Å². The van der Waals surface area contributed by atoms with Crippen LogP contribution in [0.5, 0.6) is 0 Å². The van der Waals surface area contributed by atoms with Crippen molar-refractivity contribution < 1.29 is 4.79 Å². The monoisotopic (exact) mass is 232 g/mol. The number of para-hydroxylation sites is 1. The Morgan fingerprint density at radius 3 is 2.71 bits per heavy atom. The topological polar surface area (TPSA) is 41.1 Å². The van der Waals surface area contributed by atoms with Gasteiger partial charge in [-0.3, -0.25) is 4.79 Å². The molecule has 1 aromatic rings. The van der Waals surface area contributed by atoms with Crippen molar-refractivity contribution in [1.82, 2.24) is 5.32 Å². The minimum Gasteiger partial charge on any atom is -0.325 e. The summed E-state index contributed by atoms with van der Waals surface area (Å²) in [4.78, 5) is 11.7. The molecule has 0 unspecified atom stereocenters. The van der Waals surface area contributed by atoms with E-state index < -0.39 is 0 Å². The summed E-state index contributed by atoms with van der Waals surface area (Å²) in [5.74, 6) is 0.466. The van der Waals surface area contributed by atoms with Crippen LogP contribution in [-0.2, 0) is 4.79 Å². The molecule has 3 heteroatoms. The van der Waals surface area contributed by atoms with E-state index in [9.17, 15) is 4.79 Å². The van der Waals surface area contributed by atoms with E-state index in [-0.39, 0.29) is 5.91 Å². The first kappa shape index (κ1) is 12.1. The summed E-state index contributed by atoms with van der Waals surface area (Å²) in [6, 6.07) is 8.56. The molecule has 0 spiro atoms. The highest BCUT2D eigenvalue weighted by molar-refractivity contribution is 5.93. The van der Waals surface area contributed by atoms with Crippen LogP contribution in [0.3, 0.4) is 0 Å². The smallest absolute Gasteiger partial charge is 0.238 e. The maximum absolute atomic E-state index is 11.7. The molecule has 1 aliphatic rings. The van der Waals surface area contributed by atoms with Crippen LogP contribution in [-0.4, -0.2) is 18.5 Å². The Hall–Kier alpha value is -1.35. The molecule has 2 rings (SSSR count). The lowest BCUT2D eigenvalue weighted by molar-refractivity contribution is -0.115. The Bertz CT molecular complexity index is 397. The van der Waals surface area contributed by atoms with E-state index in [4.69, 9.17) is 0 Å². The summed E-state index contributed by atoms with van der Waals surface area (Å²) in [5.41, 5.74) is 2.12. The Kier molecular flexibility index (Phi) is 3.79. The van der Waals surface area contributed by atoms with Crippen LogP contribution in [0.2, 0.25) is 0 Å². The number of carbonyl (C=O) groups excluding carboxylic acids is 1. The van der Waals surface area contributed by atoms with Gasteiger partial charge in [-0.05, 0) is 30.4 Å². The zero-order valence-corrected chi connectivity index (χ0v) is 10.5. The van der Waals surface area contributed by atoms with Gasteiger partial charge in [0.25, 0.3) is 0 Å². The molecule has 0 radical (unpaired) electrons. The fraction of sp³-hybridized carbons (Fsp3) is 0.500. The average molecular weight is 232 g/mol. The van der Waals surface area contributed by atoms with E-state index >= 15 is 0 Å². The summed E-state index contributed by atoms with van der Waals surface area (Å²) < 4.78 is 0. The second-order valence-electron chi connectivity index (χ2n) is 4.95. The first-order chi connectivity index (χ1) is 8.16. The lowest BCUT2D eigenvalue weighted by Crippen LogP contribution is -2.29. The first-order valence-electron chi connectivity index (χ1n) is 6.29. The van der Waals surface area contributed by atoms with E-state index in [2.05, 4.69) is 30.5 Å². The van der Waals surface area contributed by atoms with Gasteiger partial charge in [0.1, 0.15) is 0 Å². The molecule has 1 aliphatic carbocycles. The van der Waals surface area contributed by atoms with Gasteiger partial charge in [-0.1, -0.05) is 32.0 Å². The zero-order valence-electron chi connectivity index (χ0n) is 10.5. The number of amides is 1. The zero-order chi connectivity index (χ0) is 12.3. The van der Waals surface area contributed by atoms with E-state index in [1.807, 2.05) is 18.2 Å². The molecule has 17 heavy (non-hydrogen) atoms. The normalized spacial score (nSPS) is 15.0. The predicted octanol–water partition coefficient (Wildman–Crippen LogP) is 2.50. The minimum atomic E-state index is 0.0463. The van der Waals surface area contributed by atoms with Gasteiger partial charge in [0, 0.05) is 11.7 Å². The highest BCUT2D eigenvalue weighted by Crippen LogP contribution is 2.23. The van der Waals surface area contributed by atoms with E-state index in [1.54, 1.807) is 0 Å². The number of hydrogen-bond donors (Lipinski definition) is 2. The Morgan fingerprint density at radius 1 is 1.35 bits per heavy atom. The molecule has 1 aromatic carbocycles. The van der Waals surface area contributed by atoms with Crippen LogP contribution in [0.25, 0.3) is 0 Å². The molecule has 3 nitrogen and oxygen atoms in total. The molecule has 0 aromatic heterocycles. The minimum absolute atomic E-state index is 0.0463. The van der Waals surface area contributed by atoms with Gasteiger partial charge < -0.3 is 10.6 Å². The Morgan fingerprint density at radius 2 is 2.06 bits per heavy atom. The van der Waals surface area contributed by atoms with Crippen molar-refractivity contribution in [1.29, 1.82) is 0 Å². The van der Waals surface area contributed by atoms with Gasteiger partial charge in [-0.2, -0.15) is 0 Å². The molecular weight excluding hydrogens is 212 g/mol. The number of hydrogen-bond acceptors (Lipinski definition) is 2. The summed E-state index contributed by atoms with van der Waals surface area (Å²) in [7, 11) is 0. The van der Waals surface area contributed by atoms with Gasteiger partial charge in [0.2, 0.25) is 5.91 Å². The number of rotatable bonds is 5. The number of anilines is 1. The molecule has 0 bridgehead atoms. The maximum Gasteiger partial charge on any atom is 0.238 e. The van der Waals surface area contributed by atoms with Crippen molar-refractivity contribution >= 4 is 11.6 Å². The summed E-state index contributed by atoms with van der Waals surface area (Å²) in [5, 5.41) is 6.19. The Labute approximate surface area is 103 Å². The third-order valence-electron chi connectivity index (χ3n) is 2.99. The maximum atomic E-state index is 11.7. The standard InChI is InChI=1S/C14H20N2O/c1-10(2)12-5-3-4-6-13(12)16-14(17)9-15-11-7-8-11/h3-6,10-11,15H,7-9H2,1-2H3,(H,16,17). The average Bonchev–Trinajstić information content (AvgIpc) is 3.10. The van der Waals surface area contributed by atoms with Crippen molar-refractivity contribution in [2.24, 2.45) is 0 Å². The van der Waals surface area contributed by atoms with E-state index in [1.165, 1.54) is 18.4 Å². The molecule has 2 N–H and O–H groups in total.